The van der Waals surface area contributed by atoms with Crippen molar-refractivity contribution in [3.63, 3.8) is 0 Å². The van der Waals surface area contributed by atoms with E-state index < -0.39 is 0 Å². The van der Waals surface area contributed by atoms with Crippen LogP contribution in [0.5, 0.6) is 5.75 Å². The van der Waals surface area contributed by atoms with E-state index in [-0.39, 0.29) is 0 Å². The van der Waals surface area contributed by atoms with E-state index in [1.807, 2.05) is 24.3 Å². The number of nitrogens with zero attached hydrogens (tertiary/aromatic N) is 3. The molecule has 5 nitrogen and oxygen atoms in total. The highest BCUT2D eigenvalue weighted by molar-refractivity contribution is 5.54. The molecular formula is C19H23N3O2. The summed E-state index contributed by atoms with van der Waals surface area (Å²) in [7, 11) is 1.65. The third kappa shape index (κ3) is 3.95. The molecule has 126 valence electrons. The van der Waals surface area contributed by atoms with Crippen LogP contribution in [-0.2, 0) is 6.54 Å². The van der Waals surface area contributed by atoms with Crippen molar-refractivity contribution < 1.29 is 9.15 Å². The number of ether oxygens (including phenoxy) is 1. The van der Waals surface area contributed by atoms with Gasteiger partial charge >= 0.3 is 0 Å². The molecule has 2 aromatic rings. The quantitative estimate of drug-likeness (QED) is 0.737. The van der Waals surface area contributed by atoms with Crippen molar-refractivity contribution >= 4 is 0 Å². The number of aromatic nitrogens is 1. The number of nitriles is 1. The SMILES string of the molecule is COc1ccc(-c2nc(CN(CCC#N)[C@@H](C)C3CC3)co2)cc1. The Morgan fingerprint density at radius 3 is 2.75 bits per heavy atom. The van der Waals surface area contributed by atoms with Crippen molar-refractivity contribution in [2.45, 2.75) is 38.8 Å². The lowest BCUT2D eigenvalue weighted by molar-refractivity contribution is 0.183. The Kier molecular flexibility index (Phi) is 5.17. The van der Waals surface area contributed by atoms with Crippen molar-refractivity contribution in [2.24, 2.45) is 5.92 Å². The summed E-state index contributed by atoms with van der Waals surface area (Å²) in [5, 5.41) is 8.89. The summed E-state index contributed by atoms with van der Waals surface area (Å²) < 4.78 is 10.8. The van der Waals surface area contributed by atoms with Gasteiger partial charge in [0.15, 0.2) is 0 Å². The molecule has 1 aromatic carbocycles. The maximum atomic E-state index is 8.89. The van der Waals surface area contributed by atoms with Gasteiger partial charge in [0.05, 0.1) is 18.9 Å². The molecule has 0 unspecified atom stereocenters. The fourth-order valence-electron chi connectivity index (χ4n) is 2.95. The molecule has 0 bridgehead atoms. The first-order valence-corrected chi connectivity index (χ1v) is 8.41. The van der Waals surface area contributed by atoms with Crippen LogP contribution in [0.2, 0.25) is 0 Å². The highest BCUT2D eigenvalue weighted by Crippen LogP contribution is 2.35. The number of hydrogen-bond donors (Lipinski definition) is 0. The minimum Gasteiger partial charge on any atom is -0.497 e. The molecule has 1 saturated carbocycles. The zero-order valence-corrected chi connectivity index (χ0v) is 14.2. The number of methoxy groups -OCH3 is 1. The van der Waals surface area contributed by atoms with E-state index in [2.05, 4.69) is 22.9 Å². The molecule has 0 spiro atoms. The minimum atomic E-state index is 0.486. The first-order chi connectivity index (χ1) is 11.7. The predicted octanol–water partition coefficient (Wildman–Crippen LogP) is 3.86. The number of hydrogen-bond acceptors (Lipinski definition) is 5. The van der Waals surface area contributed by atoms with Crippen LogP contribution in [0.15, 0.2) is 34.9 Å². The zero-order valence-electron chi connectivity index (χ0n) is 14.2. The van der Waals surface area contributed by atoms with E-state index in [9.17, 15) is 0 Å². The fourth-order valence-corrected chi connectivity index (χ4v) is 2.95. The van der Waals surface area contributed by atoms with E-state index in [1.54, 1.807) is 13.4 Å². The van der Waals surface area contributed by atoms with Gasteiger partial charge in [-0.1, -0.05) is 0 Å². The number of rotatable bonds is 8. The van der Waals surface area contributed by atoms with Crippen molar-refractivity contribution in [3.8, 4) is 23.3 Å². The third-order valence-electron chi connectivity index (χ3n) is 4.64. The fraction of sp³-hybridized carbons (Fsp3) is 0.474. The lowest BCUT2D eigenvalue weighted by Crippen LogP contribution is -2.35. The van der Waals surface area contributed by atoms with Crippen LogP contribution in [0.3, 0.4) is 0 Å². The number of benzene rings is 1. The van der Waals surface area contributed by atoms with Gasteiger partial charge in [0.25, 0.3) is 0 Å². The average molecular weight is 325 g/mol. The van der Waals surface area contributed by atoms with Crippen molar-refractivity contribution in [1.82, 2.24) is 9.88 Å². The van der Waals surface area contributed by atoms with E-state index in [4.69, 9.17) is 14.4 Å². The first kappa shape index (κ1) is 16.5. The van der Waals surface area contributed by atoms with Crippen LogP contribution in [-0.4, -0.2) is 29.6 Å². The average Bonchev–Trinajstić information content (AvgIpc) is 3.37. The summed E-state index contributed by atoms with van der Waals surface area (Å²) in [6.07, 6.45) is 4.85. The van der Waals surface area contributed by atoms with Crippen LogP contribution in [0.4, 0.5) is 0 Å². The molecule has 24 heavy (non-hydrogen) atoms. The van der Waals surface area contributed by atoms with Gasteiger partial charge in [0.2, 0.25) is 5.89 Å². The monoisotopic (exact) mass is 325 g/mol. The second-order valence-corrected chi connectivity index (χ2v) is 6.33. The number of oxazole rings is 1. The van der Waals surface area contributed by atoms with Gasteiger partial charge in [-0.3, -0.25) is 4.90 Å². The standard InChI is InChI=1S/C19H23N3O2/c1-14(15-4-5-15)22(11-3-10-20)12-17-13-24-19(21-17)16-6-8-18(23-2)9-7-16/h6-9,13-15H,3-5,11-12H2,1-2H3/t14-/m0/s1. The van der Waals surface area contributed by atoms with E-state index in [1.165, 1.54) is 12.8 Å². The summed E-state index contributed by atoms with van der Waals surface area (Å²) in [5.74, 6) is 2.19. The van der Waals surface area contributed by atoms with Gasteiger partial charge in [-0.2, -0.15) is 5.26 Å². The second-order valence-electron chi connectivity index (χ2n) is 6.33. The molecule has 1 aliphatic carbocycles. The molecule has 0 radical (unpaired) electrons. The smallest absolute Gasteiger partial charge is 0.226 e. The lowest BCUT2D eigenvalue weighted by Gasteiger charge is -2.27. The van der Waals surface area contributed by atoms with Crippen LogP contribution in [0.25, 0.3) is 11.5 Å². The van der Waals surface area contributed by atoms with E-state index in [0.717, 1.165) is 36.0 Å². The minimum absolute atomic E-state index is 0.486. The van der Waals surface area contributed by atoms with Crippen molar-refractivity contribution in [2.75, 3.05) is 13.7 Å². The Labute approximate surface area is 142 Å². The Morgan fingerprint density at radius 2 is 2.12 bits per heavy atom. The van der Waals surface area contributed by atoms with E-state index >= 15 is 0 Å². The first-order valence-electron chi connectivity index (χ1n) is 8.41. The zero-order chi connectivity index (χ0) is 16.9. The summed E-state index contributed by atoms with van der Waals surface area (Å²) in [5.41, 5.74) is 1.84. The van der Waals surface area contributed by atoms with Crippen LogP contribution >= 0.6 is 0 Å². The molecule has 1 heterocycles. The second kappa shape index (κ2) is 7.50. The molecule has 1 aliphatic rings. The van der Waals surface area contributed by atoms with Crippen molar-refractivity contribution in [1.29, 1.82) is 5.26 Å². The highest BCUT2D eigenvalue weighted by atomic mass is 16.5. The predicted molar refractivity (Wildman–Crippen MR) is 91.3 cm³/mol. The van der Waals surface area contributed by atoms with Gasteiger partial charge in [-0.25, -0.2) is 4.98 Å². The van der Waals surface area contributed by atoms with Crippen LogP contribution in [0.1, 0.15) is 31.9 Å². The van der Waals surface area contributed by atoms with Gasteiger partial charge in [0, 0.05) is 31.1 Å². The molecule has 0 aliphatic heterocycles. The summed E-state index contributed by atoms with van der Waals surface area (Å²) in [6, 6.07) is 10.4. The molecule has 0 amide bonds. The van der Waals surface area contributed by atoms with Gasteiger partial charge in [-0.15, -0.1) is 0 Å². The maximum absolute atomic E-state index is 8.89. The summed E-state index contributed by atoms with van der Waals surface area (Å²) in [6.45, 7) is 3.75. The van der Waals surface area contributed by atoms with Crippen LogP contribution < -0.4 is 4.74 Å². The van der Waals surface area contributed by atoms with Crippen LogP contribution in [0, 0.1) is 17.2 Å². The topological polar surface area (TPSA) is 62.3 Å². The molecule has 1 aromatic heterocycles. The molecule has 1 fully saturated rings. The summed E-state index contributed by atoms with van der Waals surface area (Å²) >= 11 is 0. The Balaban J connectivity index is 1.69. The highest BCUT2D eigenvalue weighted by Gasteiger charge is 2.32. The maximum Gasteiger partial charge on any atom is 0.226 e. The van der Waals surface area contributed by atoms with E-state index in [0.29, 0.717) is 18.4 Å². The molecule has 1 atom stereocenters. The molecule has 3 rings (SSSR count). The molecule has 0 N–H and O–H groups in total. The molecule has 0 saturated heterocycles. The lowest BCUT2D eigenvalue weighted by atomic mass is 10.1. The normalized spacial score (nSPS) is 15.2. The van der Waals surface area contributed by atoms with Gasteiger partial charge in [0.1, 0.15) is 12.0 Å². The van der Waals surface area contributed by atoms with Gasteiger partial charge in [-0.05, 0) is 49.9 Å². The third-order valence-corrected chi connectivity index (χ3v) is 4.64. The Bertz CT molecular complexity index is 698. The largest absolute Gasteiger partial charge is 0.497 e. The van der Waals surface area contributed by atoms with Crippen molar-refractivity contribution in [3.05, 3.63) is 36.2 Å². The Morgan fingerprint density at radius 1 is 1.38 bits per heavy atom. The molecular weight excluding hydrogens is 302 g/mol. The summed E-state index contributed by atoms with van der Waals surface area (Å²) in [4.78, 5) is 6.96. The van der Waals surface area contributed by atoms with Gasteiger partial charge < -0.3 is 9.15 Å². The molecule has 5 heteroatoms. The Hall–Kier alpha value is -2.32.